The molecule has 0 aromatic heterocycles. The van der Waals surface area contributed by atoms with Gasteiger partial charge in [-0.15, -0.1) is 0 Å². The van der Waals surface area contributed by atoms with Gasteiger partial charge in [0.2, 0.25) is 5.91 Å². The summed E-state index contributed by atoms with van der Waals surface area (Å²) in [7, 11) is 0. The third kappa shape index (κ3) is 6.36. The molecule has 2 aromatic rings. The van der Waals surface area contributed by atoms with Crippen molar-refractivity contribution >= 4 is 62.7 Å². The summed E-state index contributed by atoms with van der Waals surface area (Å²) < 4.78 is 11.0. The number of rotatable bonds is 7. The zero-order valence-corrected chi connectivity index (χ0v) is 21.2. The molecule has 34 heavy (non-hydrogen) atoms. The Morgan fingerprint density at radius 2 is 1.88 bits per heavy atom. The van der Waals surface area contributed by atoms with Crippen LogP contribution in [0.5, 0.6) is 0 Å². The fraction of sp³-hybridized carbons (Fsp3) is 0.333. The van der Waals surface area contributed by atoms with E-state index in [-0.39, 0.29) is 25.0 Å². The molecule has 0 spiro atoms. The molecule has 2 amide bonds. The predicted octanol–water partition coefficient (Wildman–Crippen LogP) is 4.51. The zero-order valence-electron chi connectivity index (χ0n) is 18.9. The van der Waals surface area contributed by atoms with E-state index in [1.807, 2.05) is 0 Å². The third-order valence-corrected chi connectivity index (χ3v) is 6.30. The first-order chi connectivity index (χ1) is 16.0. The molecule has 0 radical (unpaired) electrons. The number of amides is 2. The molecule has 1 aliphatic heterocycles. The van der Waals surface area contributed by atoms with E-state index in [0.29, 0.717) is 26.4 Å². The van der Waals surface area contributed by atoms with Gasteiger partial charge < -0.3 is 19.7 Å². The molecule has 8 nitrogen and oxygen atoms in total. The number of anilines is 2. The monoisotopic (exact) mass is 550 g/mol. The molecule has 1 aliphatic rings. The van der Waals surface area contributed by atoms with Crippen LogP contribution in [0.3, 0.4) is 0 Å². The van der Waals surface area contributed by atoms with E-state index < -0.39 is 30.4 Å². The molecule has 0 unspecified atom stereocenters. The first-order valence-electron chi connectivity index (χ1n) is 10.6. The van der Waals surface area contributed by atoms with Crippen molar-refractivity contribution in [3.05, 3.63) is 57.0 Å². The molecule has 1 heterocycles. The van der Waals surface area contributed by atoms with Crippen LogP contribution in [0.2, 0.25) is 5.02 Å². The number of hydrogen-bond donors (Lipinski definition) is 1. The highest BCUT2D eigenvalue weighted by Gasteiger charge is 2.36. The van der Waals surface area contributed by atoms with Gasteiger partial charge in [-0.1, -0.05) is 11.6 Å². The van der Waals surface area contributed by atoms with Crippen LogP contribution in [0.25, 0.3) is 0 Å². The van der Waals surface area contributed by atoms with E-state index in [0.717, 1.165) is 5.56 Å². The molecule has 0 bridgehead atoms. The van der Waals surface area contributed by atoms with Crippen molar-refractivity contribution in [2.75, 3.05) is 23.4 Å². The van der Waals surface area contributed by atoms with Gasteiger partial charge in [-0.3, -0.25) is 14.4 Å². The number of carbonyl (C=O) groups is 4. The first kappa shape index (κ1) is 25.7. The standard InChI is InChI=1S/C24H24BrClN2O6/c1-13(2)34-24(32)15-4-6-17(7-5-15)28-11-16(9-22(28)30)23(31)33-12-21(29)27-20-10-19(26)18(25)8-14(20)3/h4-8,10,13,16H,9,11-12H2,1-3H3,(H,27,29)/t16-/m1/s1. The van der Waals surface area contributed by atoms with Crippen molar-refractivity contribution in [1.29, 1.82) is 0 Å². The van der Waals surface area contributed by atoms with Crippen molar-refractivity contribution in [2.24, 2.45) is 5.92 Å². The Hall–Kier alpha value is -2.91. The normalized spacial score (nSPS) is 15.4. The highest BCUT2D eigenvalue weighted by atomic mass is 79.9. The van der Waals surface area contributed by atoms with E-state index in [1.165, 1.54) is 4.90 Å². The van der Waals surface area contributed by atoms with Gasteiger partial charge in [-0.2, -0.15) is 0 Å². The number of carbonyl (C=O) groups excluding carboxylic acids is 4. The number of ether oxygens (including phenoxy) is 2. The molecule has 1 N–H and O–H groups in total. The Labute approximate surface area is 210 Å². The minimum atomic E-state index is -0.699. The maximum absolute atomic E-state index is 12.5. The Morgan fingerprint density at radius 3 is 2.53 bits per heavy atom. The quantitative estimate of drug-likeness (QED) is 0.508. The Bertz CT molecular complexity index is 1120. The second-order valence-electron chi connectivity index (χ2n) is 8.14. The molecule has 1 saturated heterocycles. The van der Waals surface area contributed by atoms with Crippen molar-refractivity contribution in [3.8, 4) is 0 Å². The second kappa shape index (κ2) is 11.0. The number of benzene rings is 2. The van der Waals surface area contributed by atoms with Crippen LogP contribution in [0.1, 0.15) is 36.2 Å². The van der Waals surface area contributed by atoms with E-state index in [2.05, 4.69) is 21.2 Å². The van der Waals surface area contributed by atoms with Gasteiger partial charge in [0.25, 0.3) is 5.91 Å². The number of nitrogens with zero attached hydrogens (tertiary/aromatic N) is 1. The summed E-state index contributed by atoms with van der Waals surface area (Å²) in [6, 6.07) is 9.76. The average Bonchev–Trinajstić information content (AvgIpc) is 3.17. The smallest absolute Gasteiger partial charge is 0.338 e. The Kier molecular flexibility index (Phi) is 8.33. The van der Waals surface area contributed by atoms with Crippen molar-refractivity contribution in [1.82, 2.24) is 0 Å². The summed E-state index contributed by atoms with van der Waals surface area (Å²) in [6.07, 6.45) is -0.267. The maximum atomic E-state index is 12.5. The van der Waals surface area contributed by atoms with E-state index in [1.54, 1.807) is 57.2 Å². The highest BCUT2D eigenvalue weighted by Crippen LogP contribution is 2.29. The molecule has 2 aromatic carbocycles. The second-order valence-corrected chi connectivity index (χ2v) is 9.40. The van der Waals surface area contributed by atoms with Crippen LogP contribution in [-0.2, 0) is 23.9 Å². The molecule has 1 fully saturated rings. The number of hydrogen-bond acceptors (Lipinski definition) is 6. The SMILES string of the molecule is Cc1cc(Br)c(Cl)cc1NC(=O)COC(=O)[C@@H]1CC(=O)N(c2ccc(C(=O)OC(C)C)cc2)C1. The van der Waals surface area contributed by atoms with Gasteiger partial charge >= 0.3 is 11.9 Å². The minimum Gasteiger partial charge on any atom is -0.459 e. The fourth-order valence-corrected chi connectivity index (χ4v) is 4.02. The summed E-state index contributed by atoms with van der Waals surface area (Å²) >= 11 is 9.37. The molecule has 10 heteroatoms. The van der Waals surface area contributed by atoms with Crippen molar-refractivity contribution in [3.63, 3.8) is 0 Å². The summed E-state index contributed by atoms with van der Waals surface area (Å²) in [5.74, 6) is -2.54. The molecular weight excluding hydrogens is 528 g/mol. The van der Waals surface area contributed by atoms with Crippen LogP contribution in [0.4, 0.5) is 11.4 Å². The van der Waals surface area contributed by atoms with Crippen molar-refractivity contribution in [2.45, 2.75) is 33.3 Å². The maximum Gasteiger partial charge on any atom is 0.338 e. The largest absolute Gasteiger partial charge is 0.459 e. The Morgan fingerprint density at radius 1 is 1.21 bits per heavy atom. The van der Waals surface area contributed by atoms with Crippen LogP contribution in [0, 0.1) is 12.8 Å². The van der Waals surface area contributed by atoms with Gasteiger partial charge in [0.15, 0.2) is 6.61 Å². The van der Waals surface area contributed by atoms with E-state index in [4.69, 9.17) is 21.1 Å². The van der Waals surface area contributed by atoms with Gasteiger partial charge in [0, 0.05) is 28.8 Å². The van der Waals surface area contributed by atoms with Crippen LogP contribution in [0.15, 0.2) is 40.9 Å². The first-order valence-corrected chi connectivity index (χ1v) is 11.8. The van der Waals surface area contributed by atoms with E-state index >= 15 is 0 Å². The molecule has 1 atom stereocenters. The van der Waals surface area contributed by atoms with E-state index in [9.17, 15) is 19.2 Å². The number of esters is 2. The molecule has 180 valence electrons. The number of aryl methyl sites for hydroxylation is 1. The number of halogens is 2. The summed E-state index contributed by atoms with van der Waals surface area (Å²) in [6.45, 7) is 4.96. The summed E-state index contributed by atoms with van der Waals surface area (Å²) in [4.78, 5) is 50.6. The lowest BCUT2D eigenvalue weighted by Gasteiger charge is -2.17. The molecular formula is C24H24BrClN2O6. The lowest BCUT2D eigenvalue weighted by Crippen LogP contribution is -2.28. The minimum absolute atomic E-state index is 0.0287. The fourth-order valence-electron chi connectivity index (χ4n) is 3.40. The predicted molar refractivity (Wildman–Crippen MR) is 131 cm³/mol. The van der Waals surface area contributed by atoms with Crippen LogP contribution in [-0.4, -0.2) is 43.0 Å². The summed E-state index contributed by atoms with van der Waals surface area (Å²) in [5, 5.41) is 3.09. The molecule has 0 aliphatic carbocycles. The molecule has 0 saturated carbocycles. The van der Waals surface area contributed by atoms with Crippen LogP contribution < -0.4 is 10.2 Å². The van der Waals surface area contributed by atoms with Crippen LogP contribution >= 0.6 is 27.5 Å². The zero-order chi connectivity index (χ0) is 25.0. The number of nitrogens with one attached hydrogen (secondary N) is 1. The van der Waals surface area contributed by atoms with Gasteiger partial charge in [0.05, 0.1) is 22.6 Å². The lowest BCUT2D eigenvalue weighted by atomic mass is 10.1. The van der Waals surface area contributed by atoms with Gasteiger partial charge in [0.1, 0.15) is 0 Å². The third-order valence-electron chi connectivity index (χ3n) is 5.10. The lowest BCUT2D eigenvalue weighted by molar-refractivity contribution is -0.151. The van der Waals surface area contributed by atoms with Crippen molar-refractivity contribution < 1.29 is 28.7 Å². The molecule has 3 rings (SSSR count). The highest BCUT2D eigenvalue weighted by molar-refractivity contribution is 9.10. The topological polar surface area (TPSA) is 102 Å². The Balaban J connectivity index is 1.54. The summed E-state index contributed by atoms with van der Waals surface area (Å²) in [5.41, 5.74) is 2.23. The van der Waals surface area contributed by atoms with Gasteiger partial charge in [-0.25, -0.2) is 4.79 Å². The van der Waals surface area contributed by atoms with Gasteiger partial charge in [-0.05, 0) is 78.7 Å². The average molecular weight is 552 g/mol.